The van der Waals surface area contributed by atoms with Crippen molar-refractivity contribution in [2.24, 2.45) is 17.8 Å². The SMILES string of the molecule is CCc1ccc(N2C(=O)C3CC=C4C(c5ccc(CO)o5)C5=C(CC4C3C2=O)C(=O)C(Br)=CC5=O)cc1. The normalized spacial score (nSPS) is 27.2. The zero-order chi connectivity index (χ0) is 26.0. The van der Waals surface area contributed by atoms with Gasteiger partial charge in [-0.15, -0.1) is 0 Å². The molecular weight excluding hydrogens is 538 g/mol. The molecule has 1 aliphatic heterocycles. The lowest BCUT2D eigenvalue weighted by Gasteiger charge is -2.41. The molecule has 37 heavy (non-hydrogen) atoms. The van der Waals surface area contributed by atoms with Crippen LogP contribution in [0.5, 0.6) is 0 Å². The summed E-state index contributed by atoms with van der Waals surface area (Å²) in [5.41, 5.74) is 3.16. The molecule has 0 saturated carbocycles. The first-order valence-electron chi connectivity index (χ1n) is 12.4. The van der Waals surface area contributed by atoms with Crippen LogP contribution in [0.15, 0.2) is 74.2 Å². The quantitative estimate of drug-likeness (QED) is 0.339. The molecule has 4 unspecified atom stereocenters. The van der Waals surface area contributed by atoms with E-state index in [-0.39, 0.29) is 40.9 Å². The molecule has 2 aromatic rings. The second-order valence-electron chi connectivity index (χ2n) is 9.89. The van der Waals surface area contributed by atoms with E-state index in [0.29, 0.717) is 34.8 Å². The minimum Gasteiger partial charge on any atom is -0.463 e. The average molecular weight is 562 g/mol. The smallest absolute Gasteiger partial charge is 0.238 e. The van der Waals surface area contributed by atoms with Gasteiger partial charge in [0.25, 0.3) is 0 Å². The molecule has 1 aromatic carbocycles. The minimum atomic E-state index is -0.663. The molecular formula is C29H24BrNO6. The summed E-state index contributed by atoms with van der Waals surface area (Å²) in [4.78, 5) is 55.1. The maximum absolute atomic E-state index is 13.9. The zero-order valence-corrected chi connectivity index (χ0v) is 21.7. The van der Waals surface area contributed by atoms with Crippen molar-refractivity contribution in [1.29, 1.82) is 0 Å². The molecule has 0 spiro atoms. The number of hydrogen-bond acceptors (Lipinski definition) is 6. The Balaban J connectivity index is 1.45. The number of allylic oxidation sites excluding steroid dienone is 6. The van der Waals surface area contributed by atoms with Crippen molar-refractivity contribution in [3.05, 3.63) is 86.8 Å². The Morgan fingerprint density at radius 2 is 1.78 bits per heavy atom. The van der Waals surface area contributed by atoms with Crippen molar-refractivity contribution in [2.75, 3.05) is 4.90 Å². The third-order valence-corrected chi connectivity index (χ3v) is 8.65. The molecule has 3 aliphatic carbocycles. The Labute approximate surface area is 221 Å². The van der Waals surface area contributed by atoms with Crippen molar-refractivity contribution in [1.82, 2.24) is 0 Å². The highest BCUT2D eigenvalue weighted by Crippen LogP contribution is 2.55. The van der Waals surface area contributed by atoms with Crippen LogP contribution in [0.1, 0.15) is 42.8 Å². The van der Waals surface area contributed by atoms with Crippen molar-refractivity contribution >= 4 is 45.0 Å². The summed E-state index contributed by atoms with van der Waals surface area (Å²) in [6, 6.07) is 10.8. The number of amides is 2. The molecule has 1 aromatic heterocycles. The van der Waals surface area contributed by atoms with Gasteiger partial charge in [-0.2, -0.15) is 0 Å². The standard InChI is InChI=1S/C29H24BrNO6/c1-2-14-3-5-15(6-4-14)31-28(35)18-9-8-17-19(24(18)29(31)36)11-20-25(22(33)12-21(30)27(20)34)26(17)23-10-7-16(13-32)37-23/h3-8,10,12,18-19,24,26,32H,2,9,11,13H2,1H3. The van der Waals surface area contributed by atoms with Gasteiger partial charge in [-0.3, -0.25) is 24.1 Å². The van der Waals surface area contributed by atoms with Crippen LogP contribution >= 0.6 is 15.9 Å². The van der Waals surface area contributed by atoms with E-state index in [4.69, 9.17) is 4.42 Å². The number of ketones is 2. The molecule has 188 valence electrons. The second-order valence-corrected chi connectivity index (χ2v) is 10.7. The van der Waals surface area contributed by atoms with E-state index in [1.165, 1.54) is 11.0 Å². The fourth-order valence-corrected chi connectivity index (χ4v) is 6.75. The first-order valence-corrected chi connectivity index (χ1v) is 13.2. The van der Waals surface area contributed by atoms with E-state index in [9.17, 15) is 24.3 Å². The fraction of sp³-hybridized carbons (Fsp3) is 0.310. The number of imide groups is 1. The monoisotopic (exact) mass is 561 g/mol. The largest absolute Gasteiger partial charge is 0.463 e. The first-order chi connectivity index (χ1) is 17.8. The zero-order valence-electron chi connectivity index (χ0n) is 20.1. The van der Waals surface area contributed by atoms with Crippen molar-refractivity contribution in [3.63, 3.8) is 0 Å². The van der Waals surface area contributed by atoms with Crippen molar-refractivity contribution in [2.45, 2.75) is 38.7 Å². The number of rotatable bonds is 4. The molecule has 6 rings (SSSR count). The summed E-state index contributed by atoms with van der Waals surface area (Å²) in [6.45, 7) is 1.74. The van der Waals surface area contributed by atoms with E-state index in [0.717, 1.165) is 17.6 Å². The number of Topliss-reactive ketones (excluding diaryl/α,β-unsaturated/α-hetero) is 1. The fourth-order valence-electron chi connectivity index (χ4n) is 6.30. The number of aliphatic hydroxyl groups is 1. The highest BCUT2D eigenvalue weighted by molar-refractivity contribution is 9.12. The van der Waals surface area contributed by atoms with Gasteiger partial charge in [0.15, 0.2) is 11.6 Å². The molecule has 8 heteroatoms. The van der Waals surface area contributed by atoms with E-state index in [1.54, 1.807) is 24.3 Å². The Morgan fingerprint density at radius 3 is 2.46 bits per heavy atom. The predicted octanol–water partition coefficient (Wildman–Crippen LogP) is 4.30. The third kappa shape index (κ3) is 3.57. The average Bonchev–Trinajstić information content (AvgIpc) is 3.48. The highest BCUT2D eigenvalue weighted by Gasteiger charge is 2.57. The van der Waals surface area contributed by atoms with Gasteiger partial charge in [0.2, 0.25) is 11.8 Å². The number of aryl methyl sites for hydroxylation is 1. The van der Waals surface area contributed by atoms with Gasteiger partial charge in [0.05, 0.1) is 27.9 Å². The lowest BCUT2D eigenvalue weighted by Crippen LogP contribution is -2.39. The van der Waals surface area contributed by atoms with Crippen LogP contribution in [0.4, 0.5) is 5.69 Å². The van der Waals surface area contributed by atoms with Crippen LogP contribution in [-0.4, -0.2) is 28.5 Å². The molecule has 2 amide bonds. The molecule has 1 N–H and O–H groups in total. The summed E-state index contributed by atoms with van der Waals surface area (Å²) in [5.74, 6) is -2.60. The minimum absolute atomic E-state index is 0.178. The number of carbonyl (C=O) groups is 4. The number of halogens is 1. The number of aliphatic hydroxyl groups excluding tert-OH is 1. The number of anilines is 1. The van der Waals surface area contributed by atoms with Gasteiger partial charge in [0.1, 0.15) is 18.1 Å². The summed E-state index contributed by atoms with van der Waals surface area (Å²) < 4.78 is 6.05. The first kappa shape index (κ1) is 24.0. The van der Waals surface area contributed by atoms with Gasteiger partial charge in [-0.25, -0.2) is 0 Å². The van der Waals surface area contributed by atoms with Crippen LogP contribution in [0.3, 0.4) is 0 Å². The summed E-state index contributed by atoms with van der Waals surface area (Å²) in [5, 5.41) is 9.56. The Bertz CT molecular complexity index is 1460. The van der Waals surface area contributed by atoms with Crippen LogP contribution in [-0.2, 0) is 32.2 Å². The number of benzene rings is 1. The maximum Gasteiger partial charge on any atom is 0.238 e. The molecule has 7 nitrogen and oxygen atoms in total. The van der Waals surface area contributed by atoms with Crippen LogP contribution in [0.25, 0.3) is 0 Å². The summed E-state index contributed by atoms with van der Waals surface area (Å²) in [6.07, 6.45) is 4.63. The van der Waals surface area contributed by atoms with Crippen LogP contribution in [0, 0.1) is 17.8 Å². The Kier molecular flexibility index (Phi) is 5.76. The summed E-state index contributed by atoms with van der Waals surface area (Å²) >= 11 is 3.22. The maximum atomic E-state index is 13.9. The number of hydrogen-bond donors (Lipinski definition) is 1. The molecule has 2 heterocycles. The van der Waals surface area contributed by atoms with Crippen molar-refractivity contribution < 1.29 is 28.7 Å². The van der Waals surface area contributed by atoms with Crippen LogP contribution < -0.4 is 4.90 Å². The van der Waals surface area contributed by atoms with Gasteiger partial charge < -0.3 is 9.52 Å². The molecule has 4 aliphatic rings. The van der Waals surface area contributed by atoms with E-state index < -0.39 is 23.7 Å². The van der Waals surface area contributed by atoms with Gasteiger partial charge in [0, 0.05) is 17.2 Å². The lowest BCUT2D eigenvalue weighted by molar-refractivity contribution is -0.123. The molecule has 4 atom stereocenters. The highest BCUT2D eigenvalue weighted by atomic mass is 79.9. The molecule has 1 saturated heterocycles. The molecule has 0 bridgehead atoms. The second kappa shape index (κ2) is 8.89. The number of fused-ring (bicyclic) bond motifs is 3. The number of furan rings is 1. The van der Waals surface area contributed by atoms with Crippen molar-refractivity contribution in [3.8, 4) is 0 Å². The van der Waals surface area contributed by atoms with Crippen LogP contribution in [0.2, 0.25) is 0 Å². The van der Waals surface area contributed by atoms with E-state index in [2.05, 4.69) is 15.9 Å². The van der Waals surface area contributed by atoms with Gasteiger partial charge in [-0.05, 0) is 70.9 Å². The van der Waals surface area contributed by atoms with Gasteiger partial charge >= 0.3 is 0 Å². The molecule has 1 fully saturated rings. The summed E-state index contributed by atoms with van der Waals surface area (Å²) in [7, 11) is 0. The van der Waals surface area contributed by atoms with E-state index in [1.807, 2.05) is 25.1 Å². The predicted molar refractivity (Wildman–Crippen MR) is 138 cm³/mol. The van der Waals surface area contributed by atoms with E-state index >= 15 is 0 Å². The Hall–Kier alpha value is -3.36. The third-order valence-electron chi connectivity index (χ3n) is 8.06. The number of nitrogens with zero attached hydrogens (tertiary/aromatic N) is 1. The number of carbonyl (C=O) groups excluding carboxylic acids is 4. The molecule has 0 radical (unpaired) electrons. The topological polar surface area (TPSA) is 105 Å². The lowest BCUT2D eigenvalue weighted by atomic mass is 9.60. The Morgan fingerprint density at radius 1 is 1.03 bits per heavy atom. The van der Waals surface area contributed by atoms with Gasteiger partial charge in [-0.1, -0.05) is 30.7 Å².